The van der Waals surface area contributed by atoms with E-state index in [-0.39, 0.29) is 0 Å². The number of benzene rings is 1. The fourth-order valence-corrected chi connectivity index (χ4v) is 2.58. The van der Waals surface area contributed by atoms with Crippen LogP contribution in [-0.4, -0.2) is 37.2 Å². The van der Waals surface area contributed by atoms with Gasteiger partial charge in [-0.15, -0.1) is 0 Å². The highest BCUT2D eigenvalue weighted by molar-refractivity contribution is 5.27. The lowest BCUT2D eigenvalue weighted by molar-refractivity contribution is 0.116. The van der Waals surface area contributed by atoms with Crippen molar-refractivity contribution in [2.75, 3.05) is 20.2 Å². The van der Waals surface area contributed by atoms with Gasteiger partial charge in [0.2, 0.25) is 0 Å². The van der Waals surface area contributed by atoms with Gasteiger partial charge in [0.05, 0.1) is 7.11 Å². The van der Waals surface area contributed by atoms with Crippen LogP contribution in [0.5, 0.6) is 5.75 Å². The summed E-state index contributed by atoms with van der Waals surface area (Å²) in [5.74, 6) is 1.61. The highest BCUT2D eigenvalue weighted by Gasteiger charge is 2.26. The van der Waals surface area contributed by atoms with E-state index >= 15 is 0 Å². The van der Waals surface area contributed by atoms with E-state index in [9.17, 15) is 0 Å². The van der Waals surface area contributed by atoms with Gasteiger partial charge in [-0.05, 0) is 30.5 Å². The van der Waals surface area contributed by atoms with Gasteiger partial charge in [-0.25, -0.2) is 0 Å². The Bertz CT molecular complexity index is 388. The zero-order valence-corrected chi connectivity index (χ0v) is 12.5. The third-order valence-corrected chi connectivity index (χ3v) is 4.08. The fourth-order valence-electron chi connectivity index (χ4n) is 2.58. The summed E-state index contributed by atoms with van der Waals surface area (Å²) in [6.07, 6.45) is 0. The van der Waals surface area contributed by atoms with E-state index in [0.29, 0.717) is 18.0 Å². The standard InChI is InChI=1S/C16H26N2O/c1-12(2)16-11-18(13(3)9-17-16)10-14-5-7-15(19-4)8-6-14/h5-8,12-13,16-17H,9-11H2,1-4H3. The van der Waals surface area contributed by atoms with E-state index in [2.05, 4.69) is 43.1 Å². The van der Waals surface area contributed by atoms with Crippen molar-refractivity contribution in [1.82, 2.24) is 10.2 Å². The third-order valence-electron chi connectivity index (χ3n) is 4.08. The Kier molecular flexibility index (Phi) is 4.83. The first-order valence-corrected chi connectivity index (χ1v) is 7.20. The predicted octanol–water partition coefficient (Wildman–Crippen LogP) is 2.51. The van der Waals surface area contributed by atoms with E-state index in [4.69, 9.17) is 4.74 Å². The van der Waals surface area contributed by atoms with Crippen LogP contribution < -0.4 is 10.1 Å². The summed E-state index contributed by atoms with van der Waals surface area (Å²) in [7, 11) is 1.71. The van der Waals surface area contributed by atoms with Gasteiger partial charge in [0.15, 0.2) is 0 Å². The predicted molar refractivity (Wildman–Crippen MR) is 79.5 cm³/mol. The molecule has 1 fully saturated rings. The minimum atomic E-state index is 0.595. The molecule has 0 spiro atoms. The van der Waals surface area contributed by atoms with Crippen LogP contribution in [-0.2, 0) is 6.54 Å². The molecule has 2 atom stereocenters. The molecule has 0 radical (unpaired) electrons. The number of hydrogen-bond donors (Lipinski definition) is 1. The molecule has 3 heteroatoms. The van der Waals surface area contributed by atoms with Crippen LogP contribution in [0.1, 0.15) is 26.3 Å². The van der Waals surface area contributed by atoms with Crippen molar-refractivity contribution in [2.45, 2.75) is 39.4 Å². The summed E-state index contributed by atoms with van der Waals surface area (Å²) < 4.78 is 5.21. The van der Waals surface area contributed by atoms with E-state index in [1.165, 1.54) is 5.56 Å². The smallest absolute Gasteiger partial charge is 0.118 e. The van der Waals surface area contributed by atoms with E-state index in [1.54, 1.807) is 7.11 Å². The Hall–Kier alpha value is -1.06. The molecular weight excluding hydrogens is 236 g/mol. The first-order valence-electron chi connectivity index (χ1n) is 7.20. The largest absolute Gasteiger partial charge is 0.497 e. The highest BCUT2D eigenvalue weighted by atomic mass is 16.5. The Morgan fingerprint density at radius 2 is 2.00 bits per heavy atom. The van der Waals surface area contributed by atoms with E-state index in [0.717, 1.165) is 25.4 Å². The Morgan fingerprint density at radius 1 is 1.32 bits per heavy atom. The van der Waals surface area contributed by atoms with E-state index < -0.39 is 0 Å². The van der Waals surface area contributed by atoms with Gasteiger partial charge in [0.1, 0.15) is 5.75 Å². The van der Waals surface area contributed by atoms with Gasteiger partial charge in [0, 0.05) is 31.7 Å². The Labute approximate surface area is 116 Å². The molecule has 0 bridgehead atoms. The second kappa shape index (κ2) is 6.40. The SMILES string of the molecule is COc1ccc(CN2CC(C(C)C)NCC2C)cc1. The minimum absolute atomic E-state index is 0.595. The first-order chi connectivity index (χ1) is 9.10. The maximum absolute atomic E-state index is 5.21. The van der Waals surface area contributed by atoms with Crippen molar-refractivity contribution < 1.29 is 4.74 Å². The van der Waals surface area contributed by atoms with E-state index in [1.807, 2.05) is 12.1 Å². The summed E-state index contributed by atoms with van der Waals surface area (Å²) in [5.41, 5.74) is 1.36. The molecule has 1 aliphatic heterocycles. The number of piperazine rings is 1. The van der Waals surface area contributed by atoms with Crippen LogP contribution in [0.2, 0.25) is 0 Å². The molecule has 0 aromatic heterocycles. The molecule has 1 aliphatic rings. The lowest BCUT2D eigenvalue weighted by atomic mass is 9.99. The average Bonchev–Trinajstić information content (AvgIpc) is 2.42. The van der Waals surface area contributed by atoms with Gasteiger partial charge in [-0.3, -0.25) is 4.90 Å². The molecule has 2 unspecified atom stereocenters. The molecule has 106 valence electrons. The van der Waals surface area contributed by atoms with Crippen molar-refractivity contribution in [3.8, 4) is 5.75 Å². The van der Waals surface area contributed by atoms with Gasteiger partial charge in [-0.2, -0.15) is 0 Å². The molecule has 19 heavy (non-hydrogen) atoms. The highest BCUT2D eigenvalue weighted by Crippen LogP contribution is 2.18. The summed E-state index contributed by atoms with van der Waals surface area (Å²) in [6, 6.07) is 9.62. The molecule has 1 saturated heterocycles. The Morgan fingerprint density at radius 3 is 2.58 bits per heavy atom. The number of ether oxygens (including phenoxy) is 1. The molecule has 1 heterocycles. The summed E-state index contributed by atoms with van der Waals surface area (Å²) in [5, 5.41) is 3.64. The molecule has 0 aliphatic carbocycles. The Balaban J connectivity index is 1.99. The van der Waals surface area contributed by atoms with Crippen LogP contribution in [0.3, 0.4) is 0 Å². The van der Waals surface area contributed by atoms with Gasteiger partial charge < -0.3 is 10.1 Å². The maximum Gasteiger partial charge on any atom is 0.118 e. The van der Waals surface area contributed by atoms with Gasteiger partial charge in [-0.1, -0.05) is 26.0 Å². The molecule has 1 aromatic carbocycles. The van der Waals surface area contributed by atoms with Crippen molar-refractivity contribution in [3.05, 3.63) is 29.8 Å². The minimum Gasteiger partial charge on any atom is -0.497 e. The van der Waals surface area contributed by atoms with Crippen molar-refractivity contribution in [3.63, 3.8) is 0 Å². The number of rotatable bonds is 4. The van der Waals surface area contributed by atoms with Crippen LogP contribution in [0, 0.1) is 5.92 Å². The first kappa shape index (κ1) is 14.4. The zero-order chi connectivity index (χ0) is 13.8. The fraction of sp³-hybridized carbons (Fsp3) is 0.625. The summed E-state index contributed by atoms with van der Waals surface area (Å²) in [4.78, 5) is 2.57. The monoisotopic (exact) mass is 262 g/mol. The molecule has 1 aromatic rings. The van der Waals surface area contributed by atoms with Crippen LogP contribution in [0.25, 0.3) is 0 Å². The second-order valence-corrected chi connectivity index (χ2v) is 5.89. The maximum atomic E-state index is 5.21. The molecule has 1 N–H and O–H groups in total. The van der Waals surface area contributed by atoms with Crippen LogP contribution >= 0.6 is 0 Å². The van der Waals surface area contributed by atoms with Crippen LogP contribution in [0.4, 0.5) is 0 Å². The topological polar surface area (TPSA) is 24.5 Å². The normalized spacial score (nSPS) is 24.7. The quantitative estimate of drug-likeness (QED) is 0.902. The summed E-state index contributed by atoms with van der Waals surface area (Å²) >= 11 is 0. The number of methoxy groups -OCH3 is 1. The molecule has 3 nitrogen and oxygen atoms in total. The van der Waals surface area contributed by atoms with Gasteiger partial charge in [0.25, 0.3) is 0 Å². The zero-order valence-electron chi connectivity index (χ0n) is 12.5. The molecule has 0 amide bonds. The number of nitrogens with one attached hydrogen (secondary N) is 1. The molecular formula is C16H26N2O. The number of nitrogens with zero attached hydrogens (tertiary/aromatic N) is 1. The van der Waals surface area contributed by atoms with Crippen molar-refractivity contribution in [1.29, 1.82) is 0 Å². The van der Waals surface area contributed by atoms with Crippen molar-refractivity contribution in [2.24, 2.45) is 5.92 Å². The van der Waals surface area contributed by atoms with Crippen molar-refractivity contribution >= 4 is 0 Å². The average molecular weight is 262 g/mol. The summed E-state index contributed by atoms with van der Waals surface area (Å²) in [6.45, 7) is 10.1. The lowest BCUT2D eigenvalue weighted by Gasteiger charge is -2.40. The van der Waals surface area contributed by atoms with Gasteiger partial charge >= 0.3 is 0 Å². The van der Waals surface area contributed by atoms with Crippen LogP contribution in [0.15, 0.2) is 24.3 Å². The third kappa shape index (κ3) is 3.71. The lowest BCUT2D eigenvalue weighted by Crippen LogP contribution is -2.56. The molecule has 0 saturated carbocycles. The number of hydrogen-bond acceptors (Lipinski definition) is 3. The second-order valence-electron chi connectivity index (χ2n) is 5.89. The molecule has 2 rings (SSSR count).